The topological polar surface area (TPSA) is 100 Å². The van der Waals surface area contributed by atoms with E-state index in [0.29, 0.717) is 11.8 Å². The minimum Gasteiger partial charge on any atom is -0.494 e. The number of amidine groups is 1. The number of carboxylic acids is 1. The zero-order valence-electron chi connectivity index (χ0n) is 11.9. The van der Waals surface area contributed by atoms with Gasteiger partial charge in [0.25, 0.3) is 0 Å². The molecule has 2 N–H and O–H groups in total. The second-order valence-corrected chi connectivity index (χ2v) is 5.54. The van der Waals surface area contributed by atoms with Gasteiger partial charge < -0.3 is 15.2 Å². The molecule has 2 rings (SSSR count). The van der Waals surface area contributed by atoms with E-state index in [2.05, 4.69) is 15.5 Å². The van der Waals surface area contributed by atoms with E-state index in [-0.39, 0.29) is 12.3 Å². The van der Waals surface area contributed by atoms with Gasteiger partial charge in [-0.2, -0.15) is 5.10 Å². The number of hydrogen-bond acceptors (Lipinski definition) is 6. The predicted molar refractivity (Wildman–Crippen MR) is 84.4 cm³/mol. The number of nitrogens with zero attached hydrogens (tertiary/aromatic N) is 2. The van der Waals surface area contributed by atoms with Crippen LogP contribution in [0.4, 0.5) is 0 Å². The average Bonchev–Trinajstić information content (AvgIpc) is 2.81. The van der Waals surface area contributed by atoms with Crippen molar-refractivity contribution in [3.05, 3.63) is 29.8 Å². The molecule has 0 unspecified atom stereocenters. The van der Waals surface area contributed by atoms with Crippen LogP contribution in [0.15, 0.2) is 34.5 Å². The van der Waals surface area contributed by atoms with Crippen LogP contribution in [-0.2, 0) is 9.59 Å². The van der Waals surface area contributed by atoms with Crippen LogP contribution in [-0.4, -0.2) is 40.2 Å². The van der Waals surface area contributed by atoms with Gasteiger partial charge in [0.2, 0.25) is 5.91 Å². The third kappa shape index (κ3) is 4.59. The molecule has 1 aliphatic rings. The minimum absolute atomic E-state index is 0.238. The molecule has 0 radical (unpaired) electrons. The van der Waals surface area contributed by atoms with E-state index >= 15 is 0 Å². The van der Waals surface area contributed by atoms with Crippen LogP contribution >= 0.6 is 11.8 Å². The van der Waals surface area contributed by atoms with E-state index in [4.69, 9.17) is 9.84 Å². The summed E-state index contributed by atoms with van der Waals surface area (Å²) in [6.07, 6.45) is 1.30. The maximum absolute atomic E-state index is 11.5. The molecular formula is C14H15N3O4S. The van der Waals surface area contributed by atoms with Crippen LogP contribution in [0.2, 0.25) is 0 Å². The van der Waals surface area contributed by atoms with Crippen LogP contribution in [0.25, 0.3) is 0 Å². The lowest BCUT2D eigenvalue weighted by atomic mass is 10.2. The SMILES string of the molecule is CCOc1ccc(/C=N\N=C2\NC(=O)[C@@H](CC(=O)O)S2)cc1. The van der Waals surface area contributed by atoms with E-state index in [9.17, 15) is 9.59 Å². The third-order valence-electron chi connectivity index (χ3n) is 2.68. The maximum Gasteiger partial charge on any atom is 0.305 e. The molecule has 1 fully saturated rings. The highest BCUT2D eigenvalue weighted by Crippen LogP contribution is 2.22. The molecule has 1 amide bonds. The second kappa shape index (κ2) is 7.60. The lowest BCUT2D eigenvalue weighted by molar-refractivity contribution is -0.138. The Balaban J connectivity index is 1.94. The maximum atomic E-state index is 11.5. The van der Waals surface area contributed by atoms with E-state index in [1.165, 1.54) is 0 Å². The van der Waals surface area contributed by atoms with Crippen LogP contribution in [0.5, 0.6) is 5.75 Å². The van der Waals surface area contributed by atoms with Gasteiger partial charge in [0.15, 0.2) is 5.17 Å². The molecule has 1 aromatic rings. The van der Waals surface area contributed by atoms with Crippen molar-refractivity contribution < 1.29 is 19.4 Å². The first-order valence-electron chi connectivity index (χ1n) is 6.61. The predicted octanol–water partition coefficient (Wildman–Crippen LogP) is 1.48. The van der Waals surface area contributed by atoms with E-state index in [0.717, 1.165) is 23.1 Å². The van der Waals surface area contributed by atoms with Gasteiger partial charge in [-0.15, -0.1) is 5.10 Å². The number of rotatable bonds is 6. The molecule has 7 nitrogen and oxygen atoms in total. The van der Waals surface area contributed by atoms with Crippen LogP contribution in [0.1, 0.15) is 18.9 Å². The fourth-order valence-electron chi connectivity index (χ4n) is 1.71. The van der Waals surface area contributed by atoms with Gasteiger partial charge in [0, 0.05) is 0 Å². The number of benzene rings is 1. The van der Waals surface area contributed by atoms with E-state index in [1.807, 2.05) is 31.2 Å². The van der Waals surface area contributed by atoms with Gasteiger partial charge in [-0.25, -0.2) is 0 Å². The van der Waals surface area contributed by atoms with Crippen molar-refractivity contribution in [3.63, 3.8) is 0 Å². The number of carboxylic acid groups (broad SMARTS) is 1. The Morgan fingerprint density at radius 1 is 1.45 bits per heavy atom. The Labute approximate surface area is 131 Å². The van der Waals surface area contributed by atoms with Gasteiger partial charge in [-0.1, -0.05) is 11.8 Å². The molecule has 1 heterocycles. The van der Waals surface area contributed by atoms with Crippen molar-refractivity contribution in [2.75, 3.05) is 6.61 Å². The normalized spacial score (nSPS) is 19.6. The number of carbonyl (C=O) groups excluding carboxylic acids is 1. The summed E-state index contributed by atoms with van der Waals surface area (Å²) < 4.78 is 5.33. The summed E-state index contributed by atoms with van der Waals surface area (Å²) in [7, 11) is 0. The van der Waals surface area contributed by atoms with Crippen molar-refractivity contribution in [2.24, 2.45) is 10.2 Å². The second-order valence-electron chi connectivity index (χ2n) is 4.35. The molecule has 1 saturated heterocycles. The Morgan fingerprint density at radius 2 is 2.18 bits per heavy atom. The largest absolute Gasteiger partial charge is 0.494 e. The summed E-state index contributed by atoms with van der Waals surface area (Å²) in [4.78, 5) is 22.1. The third-order valence-corrected chi connectivity index (χ3v) is 3.76. The zero-order chi connectivity index (χ0) is 15.9. The van der Waals surface area contributed by atoms with Gasteiger partial charge in [0.1, 0.15) is 11.0 Å². The minimum atomic E-state index is -1.02. The van der Waals surface area contributed by atoms with Crippen molar-refractivity contribution in [1.29, 1.82) is 0 Å². The summed E-state index contributed by atoms with van der Waals surface area (Å²) in [5, 5.41) is 18.6. The van der Waals surface area contributed by atoms with Crippen molar-refractivity contribution in [3.8, 4) is 5.75 Å². The quantitative estimate of drug-likeness (QED) is 0.610. The lowest BCUT2D eigenvalue weighted by Crippen LogP contribution is -2.26. The molecule has 1 atom stereocenters. The standard InChI is InChI=1S/C14H15N3O4S/c1-2-21-10-5-3-9(4-6-10)8-15-17-14-16-13(20)11(22-14)7-12(18)19/h3-6,8,11H,2,7H2,1H3,(H,18,19)(H,16,17,20)/b15-8-/t11-/m1/s1. The first-order chi connectivity index (χ1) is 10.6. The summed E-state index contributed by atoms with van der Waals surface area (Å²) in [6.45, 7) is 2.52. The van der Waals surface area contributed by atoms with Crippen molar-refractivity contribution >= 4 is 35.0 Å². The molecule has 0 saturated carbocycles. The average molecular weight is 321 g/mol. The molecule has 22 heavy (non-hydrogen) atoms. The van der Waals surface area contributed by atoms with Crippen LogP contribution in [0, 0.1) is 0 Å². The summed E-state index contributed by atoms with van der Waals surface area (Å²) >= 11 is 1.07. The molecule has 0 aliphatic carbocycles. The molecular weight excluding hydrogens is 306 g/mol. The summed E-state index contributed by atoms with van der Waals surface area (Å²) in [5.74, 6) is -0.602. The number of ether oxygens (including phenoxy) is 1. The van der Waals surface area contributed by atoms with E-state index < -0.39 is 11.2 Å². The Bertz CT molecular complexity index is 613. The number of aliphatic carboxylic acids is 1. The van der Waals surface area contributed by atoms with Crippen molar-refractivity contribution in [2.45, 2.75) is 18.6 Å². The van der Waals surface area contributed by atoms with E-state index in [1.54, 1.807) is 6.21 Å². The highest BCUT2D eigenvalue weighted by Gasteiger charge is 2.32. The zero-order valence-corrected chi connectivity index (χ0v) is 12.7. The smallest absolute Gasteiger partial charge is 0.305 e. The number of hydrogen-bond donors (Lipinski definition) is 2. The molecule has 116 valence electrons. The number of carbonyl (C=O) groups is 2. The number of thioether (sulfide) groups is 1. The van der Waals surface area contributed by atoms with Crippen LogP contribution < -0.4 is 10.1 Å². The fourth-order valence-corrected chi connectivity index (χ4v) is 2.63. The fraction of sp³-hybridized carbons (Fsp3) is 0.286. The monoisotopic (exact) mass is 321 g/mol. The van der Waals surface area contributed by atoms with Crippen molar-refractivity contribution in [1.82, 2.24) is 5.32 Å². The molecule has 1 aliphatic heterocycles. The van der Waals surface area contributed by atoms with Gasteiger partial charge in [0.05, 0.1) is 19.2 Å². The highest BCUT2D eigenvalue weighted by molar-refractivity contribution is 8.15. The molecule has 1 aromatic carbocycles. The Hall–Kier alpha value is -2.35. The van der Waals surface area contributed by atoms with Crippen LogP contribution in [0.3, 0.4) is 0 Å². The Morgan fingerprint density at radius 3 is 2.82 bits per heavy atom. The molecule has 0 aromatic heterocycles. The van der Waals surface area contributed by atoms with Gasteiger partial charge in [-0.05, 0) is 36.8 Å². The summed E-state index contributed by atoms with van der Waals surface area (Å²) in [5.41, 5.74) is 0.837. The first-order valence-corrected chi connectivity index (χ1v) is 7.49. The number of amides is 1. The lowest BCUT2D eigenvalue weighted by Gasteiger charge is -2.01. The summed E-state index contributed by atoms with van der Waals surface area (Å²) in [6, 6.07) is 7.32. The number of nitrogens with one attached hydrogen (secondary N) is 1. The molecule has 0 bridgehead atoms. The Kier molecular flexibility index (Phi) is 5.54. The first kappa shape index (κ1) is 16.0. The van der Waals surface area contributed by atoms with Gasteiger partial charge >= 0.3 is 5.97 Å². The molecule has 8 heteroatoms. The molecule has 0 spiro atoms. The van der Waals surface area contributed by atoms with Gasteiger partial charge in [-0.3, -0.25) is 9.59 Å². The highest BCUT2D eigenvalue weighted by atomic mass is 32.2.